The van der Waals surface area contributed by atoms with Crippen LogP contribution in [0.5, 0.6) is 0 Å². The van der Waals surface area contributed by atoms with Gasteiger partial charge in [0.05, 0.1) is 11.3 Å². The van der Waals surface area contributed by atoms with E-state index in [-0.39, 0.29) is 11.4 Å². The van der Waals surface area contributed by atoms with Crippen LogP contribution in [0.2, 0.25) is 0 Å². The van der Waals surface area contributed by atoms with Gasteiger partial charge in [-0.05, 0) is 68.7 Å². The number of pyridine rings is 1. The Morgan fingerprint density at radius 3 is 2.43 bits per heavy atom. The van der Waals surface area contributed by atoms with Crippen molar-refractivity contribution in [2.45, 2.75) is 19.3 Å². The Kier molecular flexibility index (Phi) is 6.18. The van der Waals surface area contributed by atoms with E-state index in [1.165, 1.54) is 42.6 Å². The van der Waals surface area contributed by atoms with Gasteiger partial charge in [-0.15, -0.1) is 0 Å². The topological polar surface area (TPSA) is 63.1 Å². The molecule has 0 unspecified atom stereocenters. The molecule has 0 aliphatic carbocycles. The van der Waals surface area contributed by atoms with Crippen molar-refractivity contribution in [1.29, 1.82) is 0 Å². The maximum atomic E-state index is 13.4. The molecule has 1 saturated heterocycles. The van der Waals surface area contributed by atoms with E-state index in [2.05, 4.69) is 15.2 Å². The molecule has 30 heavy (non-hydrogen) atoms. The minimum absolute atomic E-state index is 0.175. The molecule has 1 N–H and O–H groups in total. The number of nitrogens with one attached hydrogen (secondary N) is 1. The van der Waals surface area contributed by atoms with Crippen molar-refractivity contribution in [3.63, 3.8) is 0 Å². The smallest absolute Gasteiger partial charge is 0.263 e. The highest BCUT2D eigenvalue weighted by Crippen LogP contribution is 2.28. The third-order valence-corrected chi connectivity index (χ3v) is 5.51. The summed E-state index contributed by atoms with van der Waals surface area (Å²) in [6.45, 7) is 4.14. The first-order valence-electron chi connectivity index (χ1n) is 10.4. The van der Waals surface area contributed by atoms with Crippen molar-refractivity contribution in [2.75, 3.05) is 31.5 Å². The monoisotopic (exact) mass is 407 g/mol. The molecule has 0 atom stereocenters. The fraction of sp³-hybridized carbons (Fsp3) is 0.348. The predicted octanol–water partition coefficient (Wildman–Crippen LogP) is 3.55. The third-order valence-electron chi connectivity index (χ3n) is 5.51. The first kappa shape index (κ1) is 20.2. The molecular formula is C23H26FN5O. The number of anilines is 1. The number of hydrogen-bond donors (Lipinski definition) is 1. The summed E-state index contributed by atoms with van der Waals surface area (Å²) >= 11 is 0. The van der Waals surface area contributed by atoms with E-state index in [0.717, 1.165) is 25.1 Å². The largest absolute Gasteiger partial charge is 0.356 e. The normalized spacial score (nSPS) is 14.2. The van der Waals surface area contributed by atoms with E-state index in [4.69, 9.17) is 4.98 Å². The highest BCUT2D eigenvalue weighted by Gasteiger charge is 2.18. The molecule has 1 aliphatic rings. The van der Waals surface area contributed by atoms with Crippen LogP contribution >= 0.6 is 0 Å². The molecule has 2 aromatic heterocycles. The molecule has 4 rings (SSSR count). The van der Waals surface area contributed by atoms with Gasteiger partial charge < -0.3 is 10.2 Å². The van der Waals surface area contributed by atoms with Crippen LogP contribution in [0.4, 0.5) is 10.3 Å². The summed E-state index contributed by atoms with van der Waals surface area (Å²) < 4.78 is 15.0. The second-order valence-electron chi connectivity index (χ2n) is 7.60. The quantitative estimate of drug-likeness (QED) is 0.607. The van der Waals surface area contributed by atoms with Gasteiger partial charge >= 0.3 is 0 Å². The minimum atomic E-state index is -0.342. The van der Waals surface area contributed by atoms with Crippen LogP contribution in [0.25, 0.3) is 22.4 Å². The molecule has 0 radical (unpaired) electrons. The van der Waals surface area contributed by atoms with Crippen LogP contribution in [-0.4, -0.2) is 45.6 Å². The van der Waals surface area contributed by atoms with E-state index in [9.17, 15) is 9.18 Å². The molecule has 0 amide bonds. The van der Waals surface area contributed by atoms with Crippen molar-refractivity contribution >= 4 is 5.95 Å². The molecule has 0 bridgehead atoms. The first-order valence-corrected chi connectivity index (χ1v) is 10.4. The maximum absolute atomic E-state index is 13.4. The number of nitrogens with zero attached hydrogens (tertiary/aromatic N) is 4. The second-order valence-corrected chi connectivity index (χ2v) is 7.60. The van der Waals surface area contributed by atoms with Gasteiger partial charge in [-0.2, -0.15) is 0 Å². The summed E-state index contributed by atoms with van der Waals surface area (Å²) in [5, 5.41) is 3.33. The fourth-order valence-electron chi connectivity index (χ4n) is 3.86. The lowest BCUT2D eigenvalue weighted by molar-refractivity contribution is 0.337. The zero-order valence-corrected chi connectivity index (χ0v) is 17.1. The van der Waals surface area contributed by atoms with Crippen molar-refractivity contribution in [3.8, 4) is 22.4 Å². The molecule has 1 aromatic carbocycles. The lowest BCUT2D eigenvalue weighted by atomic mass is 10.0. The third kappa shape index (κ3) is 4.41. The SMILES string of the molecule is Cn1c(NCCCN2CCCC2)nc(-c2ccncc2)c(-c2ccc(F)cc2)c1=O. The number of halogens is 1. The van der Waals surface area contributed by atoms with E-state index in [1.807, 2.05) is 12.1 Å². The molecule has 7 heteroatoms. The number of benzene rings is 1. The van der Waals surface area contributed by atoms with Crippen LogP contribution in [-0.2, 0) is 7.05 Å². The van der Waals surface area contributed by atoms with Crippen molar-refractivity contribution < 1.29 is 4.39 Å². The van der Waals surface area contributed by atoms with Crippen LogP contribution in [0.15, 0.2) is 53.6 Å². The van der Waals surface area contributed by atoms with Crippen molar-refractivity contribution in [2.24, 2.45) is 7.05 Å². The predicted molar refractivity (Wildman–Crippen MR) is 117 cm³/mol. The lowest BCUT2D eigenvalue weighted by Crippen LogP contribution is -2.26. The van der Waals surface area contributed by atoms with E-state index in [1.54, 1.807) is 31.6 Å². The fourth-order valence-corrected chi connectivity index (χ4v) is 3.86. The number of hydrogen-bond acceptors (Lipinski definition) is 5. The Morgan fingerprint density at radius 1 is 1.03 bits per heavy atom. The summed E-state index contributed by atoms with van der Waals surface area (Å²) in [6.07, 6.45) is 6.89. The van der Waals surface area contributed by atoms with E-state index < -0.39 is 0 Å². The van der Waals surface area contributed by atoms with Gasteiger partial charge in [0, 0.05) is 31.5 Å². The van der Waals surface area contributed by atoms with Gasteiger partial charge in [0.25, 0.3) is 5.56 Å². The average molecular weight is 407 g/mol. The number of aromatic nitrogens is 3. The van der Waals surface area contributed by atoms with Gasteiger partial charge in [0.2, 0.25) is 5.95 Å². The van der Waals surface area contributed by atoms with Gasteiger partial charge in [-0.25, -0.2) is 9.37 Å². The van der Waals surface area contributed by atoms with E-state index in [0.29, 0.717) is 22.8 Å². The van der Waals surface area contributed by atoms with Crippen molar-refractivity contribution in [1.82, 2.24) is 19.4 Å². The molecule has 3 aromatic rings. The Balaban J connectivity index is 1.66. The average Bonchev–Trinajstić information content (AvgIpc) is 3.29. The Labute approximate surface area is 175 Å². The van der Waals surface area contributed by atoms with Gasteiger partial charge in [-0.1, -0.05) is 12.1 Å². The number of likely N-dealkylation sites (tertiary alicyclic amines) is 1. The lowest BCUT2D eigenvalue weighted by Gasteiger charge is -2.17. The van der Waals surface area contributed by atoms with Gasteiger partial charge in [0.15, 0.2) is 0 Å². The number of rotatable bonds is 7. The molecule has 3 heterocycles. The summed E-state index contributed by atoms with van der Waals surface area (Å²) in [7, 11) is 1.71. The van der Waals surface area contributed by atoms with Crippen LogP contribution < -0.4 is 10.9 Å². The van der Waals surface area contributed by atoms with Crippen LogP contribution in [0, 0.1) is 5.82 Å². The van der Waals surface area contributed by atoms with Crippen LogP contribution in [0.3, 0.4) is 0 Å². The molecular weight excluding hydrogens is 381 g/mol. The molecule has 0 spiro atoms. The molecule has 1 aliphatic heterocycles. The molecule has 1 fully saturated rings. The standard InChI is InChI=1S/C23H26FN5O/c1-28-22(30)20(17-5-7-19(24)8-6-17)21(18-9-12-25-13-10-18)27-23(28)26-11-4-16-29-14-2-3-15-29/h5-10,12-13H,2-4,11,14-16H2,1H3,(H,26,27). The van der Waals surface area contributed by atoms with Crippen molar-refractivity contribution in [3.05, 3.63) is 65.0 Å². The summed E-state index contributed by atoms with van der Waals surface area (Å²) in [5.74, 6) is 0.185. The highest BCUT2D eigenvalue weighted by atomic mass is 19.1. The summed E-state index contributed by atoms with van der Waals surface area (Å²) in [6, 6.07) is 9.59. The molecule has 0 saturated carbocycles. The van der Waals surface area contributed by atoms with E-state index >= 15 is 0 Å². The Morgan fingerprint density at radius 2 is 1.73 bits per heavy atom. The van der Waals surface area contributed by atoms with Crippen LogP contribution in [0.1, 0.15) is 19.3 Å². The maximum Gasteiger partial charge on any atom is 0.263 e. The Hall–Kier alpha value is -3.06. The summed E-state index contributed by atoms with van der Waals surface area (Å²) in [4.78, 5) is 24.6. The first-order chi connectivity index (χ1) is 14.6. The van der Waals surface area contributed by atoms with Gasteiger partial charge in [0.1, 0.15) is 5.82 Å². The van der Waals surface area contributed by atoms with Gasteiger partial charge in [-0.3, -0.25) is 14.3 Å². The Bertz CT molecular complexity index is 1040. The minimum Gasteiger partial charge on any atom is -0.356 e. The zero-order chi connectivity index (χ0) is 20.9. The zero-order valence-electron chi connectivity index (χ0n) is 17.1. The second kappa shape index (κ2) is 9.17. The highest BCUT2D eigenvalue weighted by molar-refractivity contribution is 5.80. The molecule has 156 valence electrons. The summed E-state index contributed by atoms with van der Waals surface area (Å²) in [5.41, 5.74) is 2.27. The molecule has 6 nitrogen and oxygen atoms in total.